The van der Waals surface area contributed by atoms with Crippen LogP contribution in [0.5, 0.6) is 0 Å². The molecule has 0 fully saturated rings. The molecule has 5 nitrogen and oxygen atoms in total. The lowest BCUT2D eigenvalue weighted by Gasteiger charge is -2.42. The number of aryl methyl sites for hydroxylation is 1. The number of thioether (sulfide) groups is 1. The van der Waals surface area contributed by atoms with Gasteiger partial charge in [-0.1, -0.05) is 83.8 Å². The largest absolute Gasteiger partial charge is 0.330 e. The van der Waals surface area contributed by atoms with Gasteiger partial charge >= 0.3 is 0 Å². The maximum Gasteiger partial charge on any atom is 0.230 e. The summed E-state index contributed by atoms with van der Waals surface area (Å²) in [7, 11) is 0. The zero-order valence-corrected chi connectivity index (χ0v) is 20.6. The van der Waals surface area contributed by atoms with Gasteiger partial charge in [0.15, 0.2) is 0 Å². The number of hydrogen-bond acceptors (Lipinski definition) is 7. The first-order valence-electron chi connectivity index (χ1n) is 11.2. The second-order valence-electron chi connectivity index (χ2n) is 8.15. The van der Waals surface area contributed by atoms with Crippen molar-refractivity contribution in [1.82, 2.24) is 10.2 Å². The van der Waals surface area contributed by atoms with E-state index in [2.05, 4.69) is 10.2 Å². The molecular weight excluding hydrogens is 484 g/mol. The summed E-state index contributed by atoms with van der Waals surface area (Å²) in [6.07, 6.45) is 0.489. The van der Waals surface area contributed by atoms with Gasteiger partial charge < -0.3 is 5.73 Å². The lowest BCUT2D eigenvalue weighted by Crippen LogP contribution is -2.44. The highest BCUT2D eigenvalue weighted by Crippen LogP contribution is 2.58. The first kappa shape index (κ1) is 23.6. The van der Waals surface area contributed by atoms with Crippen molar-refractivity contribution in [3.05, 3.63) is 112 Å². The van der Waals surface area contributed by atoms with Crippen LogP contribution in [0, 0.1) is 18.6 Å². The zero-order chi connectivity index (χ0) is 24.4. The summed E-state index contributed by atoms with van der Waals surface area (Å²) < 4.78 is 29.5. The van der Waals surface area contributed by atoms with Gasteiger partial charge in [-0.25, -0.2) is 13.8 Å². The zero-order valence-electron chi connectivity index (χ0n) is 18.9. The molecule has 2 N–H and O–H groups in total. The van der Waals surface area contributed by atoms with Gasteiger partial charge in [-0.05, 0) is 49.2 Å². The minimum Gasteiger partial charge on any atom is -0.330 e. The second kappa shape index (κ2) is 9.85. The van der Waals surface area contributed by atoms with Crippen LogP contribution in [0.4, 0.5) is 13.9 Å². The highest BCUT2D eigenvalue weighted by Gasteiger charge is 2.54. The third kappa shape index (κ3) is 4.35. The Balaban J connectivity index is 1.78. The van der Waals surface area contributed by atoms with Gasteiger partial charge in [0, 0.05) is 11.5 Å². The van der Waals surface area contributed by atoms with Crippen molar-refractivity contribution in [3.63, 3.8) is 0 Å². The molecule has 1 aliphatic heterocycles. The van der Waals surface area contributed by atoms with Crippen molar-refractivity contribution in [1.29, 1.82) is 0 Å². The summed E-state index contributed by atoms with van der Waals surface area (Å²) in [4.78, 5) is -0.934. The van der Waals surface area contributed by atoms with Gasteiger partial charge in [0.1, 0.15) is 26.6 Å². The second-order valence-corrected chi connectivity index (χ2v) is 10.5. The van der Waals surface area contributed by atoms with Crippen molar-refractivity contribution < 1.29 is 8.78 Å². The fourth-order valence-electron chi connectivity index (χ4n) is 4.44. The highest BCUT2D eigenvalue weighted by molar-refractivity contribution is 8.15. The normalized spacial score (nSPS) is 18.5. The van der Waals surface area contributed by atoms with E-state index in [1.54, 1.807) is 18.2 Å². The lowest BCUT2D eigenvalue weighted by molar-refractivity contribution is 0.434. The van der Waals surface area contributed by atoms with Crippen LogP contribution in [0.15, 0.2) is 84.0 Å². The number of nitrogens with two attached hydrogens (primary N) is 1. The van der Waals surface area contributed by atoms with E-state index < -0.39 is 10.8 Å². The number of benzene rings is 3. The first-order chi connectivity index (χ1) is 17.0. The minimum atomic E-state index is -0.934. The summed E-state index contributed by atoms with van der Waals surface area (Å²) in [5, 5.41) is 17.4. The average Bonchev–Trinajstić information content (AvgIpc) is 3.48. The third-order valence-corrected chi connectivity index (χ3v) is 8.25. The minimum absolute atomic E-state index is 0.311. The number of hydrogen-bond donors (Lipinski definition) is 1. The van der Waals surface area contributed by atoms with Gasteiger partial charge in [-0.2, -0.15) is 5.10 Å². The molecule has 5 rings (SSSR count). The predicted octanol–water partition coefficient (Wildman–Crippen LogP) is 6.03. The van der Waals surface area contributed by atoms with E-state index in [0.29, 0.717) is 34.3 Å². The van der Waals surface area contributed by atoms with Crippen LogP contribution in [0.25, 0.3) is 0 Å². The molecule has 9 heteroatoms. The predicted molar refractivity (Wildman–Crippen MR) is 139 cm³/mol. The molecule has 4 aromatic rings. The van der Waals surface area contributed by atoms with Crippen LogP contribution in [0.1, 0.15) is 34.0 Å². The lowest BCUT2D eigenvalue weighted by atomic mass is 9.83. The molecule has 0 saturated heterocycles. The molecule has 0 bridgehead atoms. The van der Waals surface area contributed by atoms with Crippen molar-refractivity contribution in [2.45, 2.75) is 24.1 Å². The first-order valence-corrected chi connectivity index (χ1v) is 12.8. The van der Waals surface area contributed by atoms with E-state index in [-0.39, 0.29) is 11.6 Å². The number of anilines is 1. The molecule has 2 unspecified atom stereocenters. The van der Waals surface area contributed by atoms with Crippen molar-refractivity contribution in [3.8, 4) is 0 Å². The van der Waals surface area contributed by atoms with Crippen LogP contribution >= 0.6 is 23.1 Å². The Morgan fingerprint density at radius 1 is 0.971 bits per heavy atom. The number of rotatable bonds is 7. The van der Waals surface area contributed by atoms with Gasteiger partial charge in [-0.15, -0.1) is 10.2 Å². The number of halogens is 2. The van der Waals surface area contributed by atoms with Gasteiger partial charge in [-0.3, -0.25) is 0 Å². The molecule has 0 saturated carbocycles. The van der Waals surface area contributed by atoms with E-state index in [4.69, 9.17) is 10.8 Å². The van der Waals surface area contributed by atoms with Crippen LogP contribution in [-0.2, 0) is 4.87 Å². The van der Waals surface area contributed by atoms with E-state index in [1.165, 1.54) is 41.3 Å². The standard InChI is InChI=1S/C26H23F2N5S2/c1-17-30-31-25(34-17)33-26(19-9-3-2-4-10-19,22(14-15-29)21-12-5-6-13-23(21)28)35-24(32-33)18-8-7-11-20(27)16-18/h2-13,16,22H,14-15,29H2,1H3. The quantitative estimate of drug-likeness (QED) is 0.331. The number of hydrazone groups is 1. The molecule has 0 spiro atoms. The number of aromatic nitrogens is 2. The maximum absolute atomic E-state index is 15.3. The molecule has 3 aromatic carbocycles. The smallest absolute Gasteiger partial charge is 0.230 e. The molecule has 0 amide bonds. The van der Waals surface area contributed by atoms with Crippen LogP contribution in [-0.4, -0.2) is 21.8 Å². The van der Waals surface area contributed by atoms with Crippen LogP contribution in [0.2, 0.25) is 0 Å². The Morgan fingerprint density at radius 3 is 2.43 bits per heavy atom. The average molecular weight is 508 g/mol. The summed E-state index contributed by atoms with van der Waals surface area (Å²) >= 11 is 2.86. The molecule has 0 radical (unpaired) electrons. The molecule has 1 aromatic heterocycles. The van der Waals surface area contributed by atoms with Gasteiger partial charge in [0.2, 0.25) is 5.13 Å². The highest BCUT2D eigenvalue weighted by atomic mass is 32.2. The van der Waals surface area contributed by atoms with Gasteiger partial charge in [0.25, 0.3) is 0 Å². The number of nitrogens with zero attached hydrogens (tertiary/aromatic N) is 4. The molecule has 35 heavy (non-hydrogen) atoms. The van der Waals surface area contributed by atoms with Crippen molar-refractivity contribution in [2.75, 3.05) is 11.6 Å². The Morgan fingerprint density at radius 2 is 1.74 bits per heavy atom. The summed E-state index contributed by atoms with van der Waals surface area (Å²) in [6, 6.07) is 22.9. The van der Waals surface area contributed by atoms with Gasteiger partial charge in [0.05, 0.1) is 0 Å². The SMILES string of the molecule is Cc1nnc(N2N=C(c3cccc(F)c3)SC2(c2ccccc2)C(CCN)c2ccccc2F)s1. The van der Waals surface area contributed by atoms with E-state index in [0.717, 1.165) is 10.6 Å². The molecule has 2 heterocycles. The molecule has 0 aliphatic carbocycles. The molecular formula is C26H23F2N5S2. The Bertz CT molecular complexity index is 1360. The molecule has 1 aliphatic rings. The van der Waals surface area contributed by atoms with E-state index in [9.17, 15) is 4.39 Å². The third-order valence-electron chi connectivity index (χ3n) is 5.92. The monoisotopic (exact) mass is 507 g/mol. The van der Waals surface area contributed by atoms with Crippen molar-refractivity contribution in [2.24, 2.45) is 10.8 Å². The van der Waals surface area contributed by atoms with Crippen LogP contribution in [0.3, 0.4) is 0 Å². The summed E-state index contributed by atoms with van der Waals surface area (Å²) in [5.74, 6) is -1.07. The Hall–Kier alpha value is -3.14. The topological polar surface area (TPSA) is 67.4 Å². The maximum atomic E-state index is 15.3. The molecule has 178 valence electrons. The van der Waals surface area contributed by atoms with Crippen molar-refractivity contribution >= 4 is 33.3 Å². The van der Waals surface area contributed by atoms with Crippen LogP contribution < -0.4 is 10.7 Å². The van der Waals surface area contributed by atoms with E-state index in [1.807, 2.05) is 54.4 Å². The fraction of sp³-hybridized carbons (Fsp3) is 0.192. The Kier molecular flexibility index (Phi) is 6.64. The summed E-state index contributed by atoms with van der Waals surface area (Å²) in [5.41, 5.74) is 8.20. The fourth-order valence-corrected chi connectivity index (χ4v) is 6.71. The Labute approximate surface area is 210 Å². The summed E-state index contributed by atoms with van der Waals surface area (Å²) in [6.45, 7) is 2.21. The van der Waals surface area contributed by atoms with E-state index >= 15 is 4.39 Å². The molecule has 2 atom stereocenters.